The molecule has 106 valence electrons. The highest BCUT2D eigenvalue weighted by Crippen LogP contribution is 2.34. The van der Waals surface area contributed by atoms with E-state index in [0.717, 1.165) is 24.3 Å². The Kier molecular flexibility index (Phi) is 3.38. The van der Waals surface area contributed by atoms with Gasteiger partial charge in [-0.05, 0) is 29.0 Å². The van der Waals surface area contributed by atoms with E-state index in [1.807, 2.05) is 6.07 Å². The molecular formula is C12H16N6O2. The van der Waals surface area contributed by atoms with Gasteiger partial charge >= 0.3 is 0 Å². The van der Waals surface area contributed by atoms with Crippen molar-refractivity contribution in [2.75, 3.05) is 31.3 Å². The summed E-state index contributed by atoms with van der Waals surface area (Å²) in [7, 11) is 1.58. The maximum Gasteiger partial charge on any atom is 0.179 e. The standard InChI is InChI=1S/C12H16N6O2/c1-19-10-5-7(12-15-17-18-16-12)4-9(11(10)13)14-6-8-2-3-20-8/h4-5,8,14H,2-3,6,13H2,1H3,(H,15,16,17,18)/t8-/m0/s1. The monoisotopic (exact) mass is 276 g/mol. The number of tetrazole rings is 1. The van der Waals surface area contributed by atoms with E-state index in [1.165, 1.54) is 0 Å². The number of hydrogen-bond donors (Lipinski definition) is 3. The maximum absolute atomic E-state index is 6.07. The highest BCUT2D eigenvalue weighted by atomic mass is 16.5. The van der Waals surface area contributed by atoms with Gasteiger partial charge in [-0.1, -0.05) is 0 Å². The van der Waals surface area contributed by atoms with Gasteiger partial charge in [0.2, 0.25) is 0 Å². The first-order chi connectivity index (χ1) is 9.78. The lowest BCUT2D eigenvalue weighted by atomic mass is 10.1. The summed E-state index contributed by atoms with van der Waals surface area (Å²) >= 11 is 0. The van der Waals surface area contributed by atoms with Crippen molar-refractivity contribution < 1.29 is 9.47 Å². The van der Waals surface area contributed by atoms with Crippen LogP contribution in [0.25, 0.3) is 11.4 Å². The molecule has 0 unspecified atom stereocenters. The van der Waals surface area contributed by atoms with E-state index < -0.39 is 0 Å². The summed E-state index contributed by atoms with van der Waals surface area (Å²) in [5, 5.41) is 17.0. The molecule has 0 bridgehead atoms. The van der Waals surface area contributed by atoms with Gasteiger partial charge in [0, 0.05) is 18.7 Å². The van der Waals surface area contributed by atoms with Crippen LogP contribution in [-0.4, -0.2) is 47.0 Å². The number of methoxy groups -OCH3 is 1. The van der Waals surface area contributed by atoms with E-state index >= 15 is 0 Å². The first-order valence-electron chi connectivity index (χ1n) is 6.35. The van der Waals surface area contributed by atoms with Gasteiger partial charge in [-0.25, -0.2) is 5.10 Å². The number of nitrogens with one attached hydrogen (secondary N) is 2. The molecule has 0 amide bonds. The number of nitrogens with two attached hydrogens (primary N) is 1. The molecule has 1 fully saturated rings. The van der Waals surface area contributed by atoms with Gasteiger partial charge in [0.25, 0.3) is 0 Å². The van der Waals surface area contributed by atoms with Crippen LogP contribution in [0.4, 0.5) is 11.4 Å². The third-order valence-corrected chi connectivity index (χ3v) is 3.29. The number of anilines is 2. The molecule has 8 nitrogen and oxygen atoms in total. The van der Waals surface area contributed by atoms with E-state index in [0.29, 0.717) is 23.8 Å². The molecule has 3 rings (SSSR count). The molecule has 1 saturated heterocycles. The minimum Gasteiger partial charge on any atom is -0.494 e. The Balaban J connectivity index is 1.88. The van der Waals surface area contributed by atoms with Crippen molar-refractivity contribution in [1.82, 2.24) is 20.6 Å². The number of aromatic nitrogens is 4. The number of nitrogens with zero attached hydrogens (tertiary/aromatic N) is 3. The topological polar surface area (TPSA) is 111 Å². The lowest BCUT2D eigenvalue weighted by Gasteiger charge is -2.27. The van der Waals surface area contributed by atoms with Crippen molar-refractivity contribution in [2.24, 2.45) is 0 Å². The molecule has 1 aliphatic heterocycles. The fourth-order valence-electron chi connectivity index (χ4n) is 2.03. The van der Waals surface area contributed by atoms with Crippen LogP contribution in [0, 0.1) is 0 Å². The Labute approximate surface area is 115 Å². The molecular weight excluding hydrogens is 260 g/mol. The fraction of sp³-hybridized carbons (Fsp3) is 0.417. The molecule has 4 N–H and O–H groups in total. The highest BCUT2D eigenvalue weighted by Gasteiger charge is 2.19. The summed E-state index contributed by atoms with van der Waals surface area (Å²) in [6, 6.07) is 3.68. The second-order valence-corrected chi connectivity index (χ2v) is 4.55. The van der Waals surface area contributed by atoms with E-state index in [2.05, 4.69) is 25.9 Å². The summed E-state index contributed by atoms with van der Waals surface area (Å²) in [5.74, 6) is 1.14. The molecule has 1 aromatic heterocycles. The smallest absolute Gasteiger partial charge is 0.179 e. The maximum atomic E-state index is 6.07. The van der Waals surface area contributed by atoms with E-state index in [9.17, 15) is 0 Å². The van der Waals surface area contributed by atoms with Crippen LogP contribution in [0.5, 0.6) is 5.75 Å². The average Bonchev–Trinajstić information content (AvgIpc) is 2.92. The van der Waals surface area contributed by atoms with Gasteiger partial charge in [0.15, 0.2) is 5.82 Å². The molecule has 0 radical (unpaired) electrons. The minimum atomic E-state index is 0.246. The summed E-state index contributed by atoms with van der Waals surface area (Å²) in [6.45, 7) is 1.54. The van der Waals surface area contributed by atoms with Crippen molar-refractivity contribution in [3.63, 3.8) is 0 Å². The van der Waals surface area contributed by atoms with Crippen LogP contribution in [-0.2, 0) is 4.74 Å². The van der Waals surface area contributed by atoms with Gasteiger partial charge in [-0.3, -0.25) is 0 Å². The first kappa shape index (κ1) is 12.7. The number of nitrogen functional groups attached to an aromatic ring is 1. The van der Waals surface area contributed by atoms with E-state index in [4.69, 9.17) is 15.2 Å². The molecule has 2 aromatic rings. The second-order valence-electron chi connectivity index (χ2n) is 4.55. The quantitative estimate of drug-likeness (QED) is 0.688. The molecule has 2 heterocycles. The normalized spacial score (nSPS) is 17.6. The number of H-pyrrole nitrogens is 1. The number of hydrogen-bond acceptors (Lipinski definition) is 7. The van der Waals surface area contributed by atoms with Crippen LogP contribution in [0.3, 0.4) is 0 Å². The fourth-order valence-corrected chi connectivity index (χ4v) is 2.03. The van der Waals surface area contributed by atoms with Crippen molar-refractivity contribution in [1.29, 1.82) is 0 Å². The number of ether oxygens (including phenoxy) is 2. The summed E-state index contributed by atoms with van der Waals surface area (Å²) in [5.41, 5.74) is 8.22. The predicted molar refractivity (Wildman–Crippen MR) is 73.4 cm³/mol. The summed E-state index contributed by atoms with van der Waals surface area (Å²) in [4.78, 5) is 0. The zero-order chi connectivity index (χ0) is 13.9. The van der Waals surface area contributed by atoms with Gasteiger partial charge in [0.05, 0.1) is 24.6 Å². The Morgan fingerprint density at radius 3 is 3.00 bits per heavy atom. The average molecular weight is 276 g/mol. The largest absolute Gasteiger partial charge is 0.494 e. The van der Waals surface area contributed by atoms with Crippen molar-refractivity contribution in [3.8, 4) is 17.1 Å². The Morgan fingerprint density at radius 2 is 2.40 bits per heavy atom. The SMILES string of the molecule is COc1cc(-c2nnn[nH]2)cc(NC[C@@H]2CCO2)c1N. The van der Waals surface area contributed by atoms with Crippen LogP contribution in [0.1, 0.15) is 6.42 Å². The lowest BCUT2D eigenvalue weighted by Crippen LogP contribution is -2.33. The van der Waals surface area contributed by atoms with Gasteiger partial charge in [-0.2, -0.15) is 0 Å². The summed E-state index contributed by atoms with van der Waals surface area (Å²) < 4.78 is 10.7. The van der Waals surface area contributed by atoms with Crippen LogP contribution >= 0.6 is 0 Å². The zero-order valence-electron chi connectivity index (χ0n) is 11.1. The third-order valence-electron chi connectivity index (χ3n) is 3.29. The molecule has 1 atom stereocenters. The minimum absolute atomic E-state index is 0.246. The third kappa shape index (κ3) is 2.37. The molecule has 8 heteroatoms. The first-order valence-corrected chi connectivity index (χ1v) is 6.35. The Bertz CT molecular complexity index is 582. The van der Waals surface area contributed by atoms with Crippen LogP contribution in [0.15, 0.2) is 12.1 Å². The Morgan fingerprint density at radius 1 is 1.55 bits per heavy atom. The van der Waals surface area contributed by atoms with Gasteiger partial charge in [0.1, 0.15) is 5.75 Å². The molecule has 0 saturated carbocycles. The lowest BCUT2D eigenvalue weighted by molar-refractivity contribution is -0.0410. The number of aromatic amines is 1. The second kappa shape index (κ2) is 5.33. The molecule has 20 heavy (non-hydrogen) atoms. The van der Waals surface area contributed by atoms with Crippen molar-refractivity contribution in [2.45, 2.75) is 12.5 Å². The molecule has 0 aliphatic carbocycles. The Hall–Kier alpha value is -2.35. The van der Waals surface area contributed by atoms with E-state index in [-0.39, 0.29) is 6.10 Å². The number of rotatable bonds is 5. The van der Waals surface area contributed by atoms with Crippen molar-refractivity contribution in [3.05, 3.63) is 12.1 Å². The highest BCUT2D eigenvalue weighted by molar-refractivity contribution is 5.79. The van der Waals surface area contributed by atoms with Crippen molar-refractivity contribution >= 4 is 11.4 Å². The van der Waals surface area contributed by atoms with Crippen LogP contribution in [0.2, 0.25) is 0 Å². The van der Waals surface area contributed by atoms with Gasteiger partial charge in [-0.15, -0.1) is 5.10 Å². The van der Waals surface area contributed by atoms with E-state index in [1.54, 1.807) is 13.2 Å². The zero-order valence-corrected chi connectivity index (χ0v) is 11.1. The van der Waals surface area contributed by atoms with Gasteiger partial charge < -0.3 is 20.5 Å². The number of benzene rings is 1. The predicted octanol–water partition coefficient (Wildman–Crippen LogP) is 0.658. The summed E-state index contributed by atoms with van der Waals surface area (Å²) in [6.07, 6.45) is 1.31. The molecule has 1 aliphatic rings. The molecule has 1 aromatic carbocycles. The molecule has 0 spiro atoms. The van der Waals surface area contributed by atoms with Crippen LogP contribution < -0.4 is 15.8 Å².